The zero-order valence-electron chi connectivity index (χ0n) is 5.46. The van der Waals surface area contributed by atoms with Crippen molar-refractivity contribution in [2.24, 2.45) is 0 Å². The van der Waals surface area contributed by atoms with Crippen molar-refractivity contribution in [2.75, 3.05) is 19.6 Å². The molecule has 0 amide bonds. The summed E-state index contributed by atoms with van der Waals surface area (Å²) in [6, 6.07) is 0. The predicted octanol–water partition coefficient (Wildman–Crippen LogP) is -1.69. The molecule has 1 fully saturated rings. The molecule has 0 saturated carbocycles. The summed E-state index contributed by atoms with van der Waals surface area (Å²) in [4.78, 5) is 0. The molecule has 1 heterocycles. The first kappa shape index (κ1) is 8.62. The third-order valence-electron chi connectivity index (χ3n) is 1.25. The first-order valence-corrected chi connectivity index (χ1v) is 6.23. The average Bonchev–Trinajstić information content (AvgIpc) is 1.88. The minimum absolute atomic E-state index is 0.259. The van der Waals surface area contributed by atoms with Crippen LogP contribution in [0.3, 0.4) is 0 Å². The molecular weight excluding hydrogens is 215 g/mol. The number of hydrogen-bond acceptors (Lipinski definition) is 4. The number of nitrogens with one attached hydrogen (secondary N) is 2. The summed E-state index contributed by atoms with van der Waals surface area (Å²) in [5.74, 6) is 0. The van der Waals surface area contributed by atoms with Gasteiger partial charge in [0, 0.05) is 0 Å². The Labute approximate surface area is 68.1 Å². The van der Waals surface area contributed by atoms with Crippen molar-refractivity contribution in [2.45, 2.75) is 6.23 Å². The van der Waals surface area contributed by atoms with Crippen LogP contribution in [0.25, 0.3) is 0 Å². The maximum atomic E-state index is 10.3. The molecule has 1 aliphatic rings. The molecule has 0 aromatic heterocycles. The molecule has 0 bridgehead atoms. The Morgan fingerprint density at radius 1 is 1.60 bits per heavy atom. The fourth-order valence-corrected chi connectivity index (χ4v) is 1.84. The van der Waals surface area contributed by atoms with E-state index < -0.39 is 22.6 Å². The quantitative estimate of drug-likeness (QED) is 0.523. The summed E-state index contributed by atoms with van der Waals surface area (Å²) in [6.07, 6.45) is -0.259. The predicted molar refractivity (Wildman–Crippen MR) is 28.7 cm³/mol. The van der Waals surface area contributed by atoms with Gasteiger partial charge in [-0.15, -0.1) is 0 Å². The number of rotatable bonds is 2. The molecule has 6 heteroatoms. The molecule has 10 heavy (non-hydrogen) atoms. The van der Waals surface area contributed by atoms with Crippen LogP contribution < -0.4 is 10.6 Å². The van der Waals surface area contributed by atoms with E-state index in [1.54, 1.807) is 0 Å². The summed E-state index contributed by atoms with van der Waals surface area (Å²) in [5, 5.41) is 5.99. The summed E-state index contributed by atoms with van der Waals surface area (Å²) < 4.78 is 23.4. The van der Waals surface area contributed by atoms with Gasteiger partial charge in [0.1, 0.15) is 0 Å². The van der Waals surface area contributed by atoms with Gasteiger partial charge >= 0.3 is 67.9 Å². The fraction of sp³-hybridized carbons (Fsp3) is 1.00. The molecule has 0 aliphatic carbocycles. The normalized spacial score (nSPS) is 26.3. The second-order valence-corrected chi connectivity index (χ2v) is 3.92. The van der Waals surface area contributed by atoms with Crippen molar-refractivity contribution in [3.05, 3.63) is 0 Å². The monoisotopic (exact) mass is 224 g/mol. The van der Waals surface area contributed by atoms with Gasteiger partial charge in [-0.3, -0.25) is 0 Å². The maximum absolute atomic E-state index is 10.3. The van der Waals surface area contributed by atoms with Crippen LogP contribution in [0.15, 0.2) is 0 Å². The van der Waals surface area contributed by atoms with Crippen LogP contribution in [0.4, 0.5) is 0 Å². The topological polar surface area (TPSA) is 70.6 Å². The van der Waals surface area contributed by atoms with Gasteiger partial charge in [0.05, 0.1) is 0 Å². The van der Waals surface area contributed by atoms with Gasteiger partial charge in [-0.1, -0.05) is 0 Å². The van der Waals surface area contributed by atoms with Crippen LogP contribution in [0.1, 0.15) is 0 Å². The van der Waals surface area contributed by atoms with Gasteiger partial charge in [0.15, 0.2) is 0 Å². The molecule has 1 atom stereocenters. The summed E-state index contributed by atoms with van der Waals surface area (Å²) in [5.41, 5.74) is 0. The van der Waals surface area contributed by atoms with Crippen molar-refractivity contribution < 1.29 is 31.4 Å². The fourth-order valence-electron chi connectivity index (χ4n) is 0.832. The Kier molecular flexibility index (Phi) is 3.80. The molecule has 58 valence electrons. The van der Waals surface area contributed by atoms with E-state index in [4.69, 9.17) is 6.00 Å². The van der Waals surface area contributed by atoms with Crippen LogP contribution in [0.5, 0.6) is 0 Å². The van der Waals surface area contributed by atoms with Gasteiger partial charge < -0.3 is 0 Å². The average molecular weight is 225 g/mol. The number of hydrogen-bond donors (Lipinski definition) is 3. The number of piperazine rings is 1. The van der Waals surface area contributed by atoms with E-state index >= 15 is 0 Å². The van der Waals surface area contributed by atoms with Gasteiger partial charge in [-0.05, 0) is 0 Å². The van der Waals surface area contributed by atoms with E-state index in [1.807, 2.05) is 0 Å². The van der Waals surface area contributed by atoms with Crippen molar-refractivity contribution >= 4 is 0 Å². The van der Waals surface area contributed by atoms with Crippen LogP contribution in [-0.4, -0.2) is 29.0 Å². The first-order chi connectivity index (χ1) is 4.79. The van der Waals surface area contributed by atoms with Crippen LogP contribution in [0, 0.1) is 0 Å². The summed E-state index contributed by atoms with van der Waals surface area (Å²) >= 11 is -3.58. The molecule has 3 N–H and O–H groups in total. The third kappa shape index (κ3) is 3.08. The van der Waals surface area contributed by atoms with Gasteiger partial charge in [-0.2, -0.15) is 0 Å². The second-order valence-electron chi connectivity index (χ2n) is 2.03. The van der Waals surface area contributed by atoms with Crippen molar-refractivity contribution in [1.29, 1.82) is 0 Å². The van der Waals surface area contributed by atoms with Gasteiger partial charge in [-0.25, -0.2) is 0 Å². The molecule has 1 unspecified atom stereocenters. The zero-order chi connectivity index (χ0) is 7.40. The van der Waals surface area contributed by atoms with Crippen molar-refractivity contribution in [1.82, 2.24) is 10.6 Å². The van der Waals surface area contributed by atoms with E-state index in [9.17, 15) is 2.81 Å². The molecule has 0 aromatic rings. The molecule has 1 aliphatic heterocycles. The van der Waals surface area contributed by atoms with Crippen molar-refractivity contribution in [3.63, 3.8) is 0 Å². The SMILES string of the molecule is [O]=[Zr]([OH])[O]C1CNCCN1. The Balaban J connectivity index is 2.19. The Hall–Kier alpha value is 0.523. The molecule has 0 spiro atoms. The molecular formula is C4H10N2O3Zr. The Bertz CT molecular complexity index is 126. The van der Waals surface area contributed by atoms with Crippen molar-refractivity contribution in [3.8, 4) is 0 Å². The van der Waals surface area contributed by atoms with Gasteiger partial charge in [0.25, 0.3) is 0 Å². The molecule has 1 saturated heterocycles. The third-order valence-corrected chi connectivity index (χ3v) is 2.44. The Morgan fingerprint density at radius 2 is 2.40 bits per heavy atom. The zero-order valence-corrected chi connectivity index (χ0v) is 7.92. The molecule has 0 radical (unpaired) electrons. The molecule has 1 rings (SSSR count). The van der Waals surface area contributed by atoms with E-state index in [0.29, 0.717) is 6.54 Å². The standard InChI is InChI=1S/C4H9N2O.H2O.O.Zr/c7-4-3-5-1-2-6-4;;;/h4-6H,1-3H2;1H2;;/q-1;;;+2/p-1. The summed E-state index contributed by atoms with van der Waals surface area (Å²) in [6.45, 7) is 2.30. The molecule has 0 aromatic carbocycles. The summed E-state index contributed by atoms with van der Waals surface area (Å²) in [7, 11) is 0. The van der Waals surface area contributed by atoms with E-state index in [1.165, 1.54) is 0 Å². The van der Waals surface area contributed by atoms with Crippen LogP contribution >= 0.6 is 0 Å². The Morgan fingerprint density at radius 3 is 2.90 bits per heavy atom. The molecule has 5 nitrogen and oxygen atoms in total. The van der Waals surface area contributed by atoms with Crippen LogP contribution in [-0.2, 0) is 28.3 Å². The van der Waals surface area contributed by atoms with Gasteiger partial charge in [0.2, 0.25) is 0 Å². The minimum atomic E-state index is -3.58. The van der Waals surface area contributed by atoms with E-state index in [-0.39, 0.29) is 6.23 Å². The van der Waals surface area contributed by atoms with Crippen LogP contribution in [0.2, 0.25) is 0 Å². The van der Waals surface area contributed by atoms with E-state index in [2.05, 4.69) is 10.6 Å². The first-order valence-electron chi connectivity index (χ1n) is 3.13. The van der Waals surface area contributed by atoms with E-state index in [0.717, 1.165) is 13.1 Å². The second kappa shape index (κ2) is 4.41.